The molecule has 0 fully saturated rings. The van der Waals surface area contributed by atoms with E-state index < -0.39 is 12.3 Å². The average molecular weight is 354 g/mol. The van der Waals surface area contributed by atoms with Gasteiger partial charge in [0.1, 0.15) is 17.9 Å². The molecule has 0 unspecified atom stereocenters. The second-order valence-corrected chi connectivity index (χ2v) is 5.64. The summed E-state index contributed by atoms with van der Waals surface area (Å²) in [4.78, 5) is 25.9. The first kappa shape index (κ1) is 18.6. The molecule has 0 aromatic carbocycles. The fraction of sp³-hybridized carbons (Fsp3) is 0.467. The lowest BCUT2D eigenvalue weighted by molar-refractivity contribution is -0.117. The highest BCUT2D eigenvalue weighted by molar-refractivity contribution is 6.02. The molecule has 136 valence electrons. The number of carbonyl (C=O) groups is 2. The van der Waals surface area contributed by atoms with Gasteiger partial charge in [-0.25, -0.2) is 8.78 Å². The van der Waals surface area contributed by atoms with E-state index in [-0.39, 0.29) is 29.5 Å². The highest BCUT2D eigenvalue weighted by atomic mass is 19.3. The van der Waals surface area contributed by atoms with Crippen LogP contribution < -0.4 is 5.32 Å². The van der Waals surface area contributed by atoms with Gasteiger partial charge in [0.15, 0.2) is 0 Å². The Labute approximate surface area is 143 Å². The minimum absolute atomic E-state index is 0.228. The van der Waals surface area contributed by atoms with Crippen LogP contribution in [0.1, 0.15) is 35.2 Å². The van der Waals surface area contributed by atoms with Crippen LogP contribution in [0.15, 0.2) is 12.3 Å². The van der Waals surface area contributed by atoms with Gasteiger partial charge in [-0.15, -0.1) is 0 Å². The molecule has 0 bridgehead atoms. The molecule has 2 aromatic heterocycles. The van der Waals surface area contributed by atoms with Crippen LogP contribution >= 0.6 is 0 Å². The van der Waals surface area contributed by atoms with E-state index in [2.05, 4.69) is 15.5 Å². The molecule has 0 aliphatic rings. The molecule has 2 heterocycles. The third-order valence-electron chi connectivity index (χ3n) is 3.47. The highest BCUT2D eigenvalue weighted by Crippen LogP contribution is 2.20. The van der Waals surface area contributed by atoms with E-state index in [1.165, 1.54) is 21.8 Å². The van der Waals surface area contributed by atoms with Crippen LogP contribution in [0.4, 0.5) is 14.5 Å². The van der Waals surface area contributed by atoms with Gasteiger partial charge >= 0.3 is 0 Å². The van der Waals surface area contributed by atoms with E-state index in [0.29, 0.717) is 12.2 Å². The second-order valence-electron chi connectivity index (χ2n) is 5.64. The molecule has 25 heavy (non-hydrogen) atoms. The molecular formula is C15H20F2N6O2. The Hall–Kier alpha value is -2.78. The molecule has 2 amide bonds. The Morgan fingerprint density at radius 1 is 1.32 bits per heavy atom. The topological polar surface area (TPSA) is 85.0 Å². The van der Waals surface area contributed by atoms with Gasteiger partial charge < -0.3 is 10.2 Å². The minimum Gasteiger partial charge on any atom is -0.343 e. The van der Waals surface area contributed by atoms with Crippen molar-refractivity contribution in [3.63, 3.8) is 0 Å². The third-order valence-corrected chi connectivity index (χ3v) is 3.47. The quantitative estimate of drug-likeness (QED) is 0.855. The third kappa shape index (κ3) is 4.01. The molecule has 0 saturated carbocycles. The van der Waals surface area contributed by atoms with Crippen LogP contribution in [0.5, 0.6) is 0 Å². The van der Waals surface area contributed by atoms with Crippen molar-refractivity contribution in [3.8, 4) is 0 Å². The lowest BCUT2D eigenvalue weighted by atomic mass is 10.3. The number of hydrogen-bond acceptors (Lipinski definition) is 4. The summed E-state index contributed by atoms with van der Waals surface area (Å²) in [6.45, 7) is 3.44. The summed E-state index contributed by atoms with van der Waals surface area (Å²) >= 11 is 0. The molecule has 0 radical (unpaired) electrons. The number of halogens is 2. The highest BCUT2D eigenvalue weighted by Gasteiger charge is 2.22. The normalized spacial score (nSPS) is 11.0. The van der Waals surface area contributed by atoms with Crippen molar-refractivity contribution in [2.24, 2.45) is 0 Å². The van der Waals surface area contributed by atoms with Crippen molar-refractivity contribution in [2.45, 2.75) is 33.4 Å². The molecule has 0 atom stereocenters. The SMILES string of the molecule is CCn1ncc(NC(=O)Cn2nc(C)cc2C(F)F)c1C(=O)N(C)C. The summed E-state index contributed by atoms with van der Waals surface area (Å²) in [6, 6.07) is 1.23. The molecule has 0 saturated heterocycles. The zero-order valence-corrected chi connectivity index (χ0v) is 14.5. The molecule has 2 aromatic rings. The van der Waals surface area contributed by atoms with E-state index in [1.54, 1.807) is 21.0 Å². The van der Waals surface area contributed by atoms with Gasteiger partial charge in [0.25, 0.3) is 12.3 Å². The Kier molecular flexibility index (Phi) is 5.50. The molecule has 0 aliphatic heterocycles. The van der Waals surface area contributed by atoms with E-state index in [1.807, 2.05) is 6.92 Å². The summed E-state index contributed by atoms with van der Waals surface area (Å²) in [7, 11) is 3.17. The van der Waals surface area contributed by atoms with Crippen molar-refractivity contribution in [2.75, 3.05) is 19.4 Å². The maximum atomic E-state index is 13.0. The number of amides is 2. The number of nitrogens with zero attached hydrogens (tertiary/aromatic N) is 5. The van der Waals surface area contributed by atoms with E-state index in [0.717, 1.165) is 4.68 Å². The Bertz CT molecular complexity index is 781. The molecule has 10 heteroatoms. The standard InChI is InChI=1S/C15H20F2N6O2/c1-5-22-13(15(25)21(3)4)10(7-18-22)19-12(24)8-23-11(14(16)17)6-9(2)20-23/h6-7,14H,5,8H2,1-4H3,(H,19,24). The molecule has 2 rings (SSSR count). The molecular weight excluding hydrogens is 334 g/mol. The van der Waals surface area contributed by atoms with Gasteiger partial charge in [0.2, 0.25) is 5.91 Å². The number of carbonyl (C=O) groups excluding carboxylic acids is 2. The largest absolute Gasteiger partial charge is 0.343 e. The van der Waals surface area contributed by atoms with Crippen molar-refractivity contribution < 1.29 is 18.4 Å². The van der Waals surface area contributed by atoms with Crippen molar-refractivity contribution in [3.05, 3.63) is 29.3 Å². The fourth-order valence-corrected chi connectivity index (χ4v) is 2.35. The lowest BCUT2D eigenvalue weighted by Crippen LogP contribution is -2.27. The van der Waals surface area contributed by atoms with Crippen LogP contribution in [0.3, 0.4) is 0 Å². The van der Waals surface area contributed by atoms with Crippen molar-refractivity contribution >= 4 is 17.5 Å². The Morgan fingerprint density at radius 2 is 2.00 bits per heavy atom. The molecule has 0 aliphatic carbocycles. The maximum absolute atomic E-state index is 13.0. The monoisotopic (exact) mass is 354 g/mol. The van der Waals surface area contributed by atoms with E-state index >= 15 is 0 Å². The van der Waals surface area contributed by atoms with Gasteiger partial charge in [0, 0.05) is 20.6 Å². The van der Waals surface area contributed by atoms with Crippen molar-refractivity contribution in [1.29, 1.82) is 0 Å². The fourth-order valence-electron chi connectivity index (χ4n) is 2.35. The molecule has 1 N–H and O–H groups in total. The maximum Gasteiger partial charge on any atom is 0.280 e. The van der Waals surface area contributed by atoms with Crippen LogP contribution in [-0.2, 0) is 17.9 Å². The molecule has 8 nitrogen and oxygen atoms in total. The first-order valence-corrected chi connectivity index (χ1v) is 7.64. The zero-order chi connectivity index (χ0) is 18.7. The first-order valence-electron chi connectivity index (χ1n) is 7.64. The van der Waals surface area contributed by atoms with E-state index in [9.17, 15) is 18.4 Å². The summed E-state index contributed by atoms with van der Waals surface area (Å²) in [5, 5.41) is 10.5. The number of aryl methyl sites for hydroxylation is 2. The van der Waals surface area contributed by atoms with Crippen LogP contribution in [0.25, 0.3) is 0 Å². The van der Waals surface area contributed by atoms with Gasteiger partial charge in [-0.1, -0.05) is 0 Å². The summed E-state index contributed by atoms with van der Waals surface area (Å²) in [5.41, 5.74) is 0.520. The lowest BCUT2D eigenvalue weighted by Gasteiger charge is -2.14. The van der Waals surface area contributed by atoms with Crippen LogP contribution in [-0.4, -0.2) is 50.4 Å². The number of rotatable bonds is 6. The zero-order valence-electron chi connectivity index (χ0n) is 14.5. The molecule has 0 spiro atoms. The summed E-state index contributed by atoms with van der Waals surface area (Å²) < 4.78 is 28.4. The number of nitrogens with one attached hydrogen (secondary N) is 1. The predicted molar refractivity (Wildman–Crippen MR) is 86.5 cm³/mol. The van der Waals surface area contributed by atoms with E-state index in [4.69, 9.17) is 0 Å². The Balaban J connectivity index is 2.22. The van der Waals surface area contributed by atoms with Crippen molar-refractivity contribution in [1.82, 2.24) is 24.5 Å². The number of anilines is 1. The number of aromatic nitrogens is 4. The average Bonchev–Trinajstić information content (AvgIpc) is 3.09. The van der Waals surface area contributed by atoms with Gasteiger partial charge in [-0.05, 0) is 19.9 Å². The van der Waals surface area contributed by atoms with Crippen LogP contribution in [0.2, 0.25) is 0 Å². The smallest absolute Gasteiger partial charge is 0.280 e. The second kappa shape index (κ2) is 7.41. The number of hydrogen-bond donors (Lipinski definition) is 1. The summed E-state index contributed by atoms with van der Waals surface area (Å²) in [5.74, 6) is -0.897. The summed E-state index contributed by atoms with van der Waals surface area (Å²) in [6.07, 6.45) is -1.37. The Morgan fingerprint density at radius 3 is 2.56 bits per heavy atom. The van der Waals surface area contributed by atoms with Gasteiger partial charge in [-0.2, -0.15) is 10.2 Å². The first-order chi connectivity index (χ1) is 11.7. The van der Waals surface area contributed by atoms with Gasteiger partial charge in [-0.3, -0.25) is 19.0 Å². The minimum atomic E-state index is -2.73. The van der Waals surface area contributed by atoms with Gasteiger partial charge in [0.05, 0.1) is 17.6 Å². The van der Waals surface area contributed by atoms with Crippen LogP contribution in [0, 0.1) is 6.92 Å². The predicted octanol–water partition coefficient (Wildman–Crippen LogP) is 1.69. The number of alkyl halides is 2.